The van der Waals surface area contributed by atoms with Crippen molar-refractivity contribution in [1.82, 2.24) is 4.90 Å². The largest absolute Gasteiger partial charge is 0.479 e. The van der Waals surface area contributed by atoms with E-state index in [-0.39, 0.29) is 11.3 Å². The van der Waals surface area contributed by atoms with Gasteiger partial charge in [0.2, 0.25) is 5.91 Å². The van der Waals surface area contributed by atoms with Gasteiger partial charge in [0.1, 0.15) is 5.54 Å². The van der Waals surface area contributed by atoms with Crippen LogP contribution in [0.1, 0.15) is 53.4 Å². The maximum absolute atomic E-state index is 11.7. The Kier molecular flexibility index (Phi) is 3.84. The van der Waals surface area contributed by atoms with Crippen molar-refractivity contribution >= 4 is 11.9 Å². The lowest BCUT2D eigenvalue weighted by Crippen LogP contribution is -2.59. The van der Waals surface area contributed by atoms with Crippen LogP contribution >= 0.6 is 0 Å². The molecule has 1 fully saturated rings. The van der Waals surface area contributed by atoms with Gasteiger partial charge in [-0.05, 0) is 38.0 Å². The first-order valence-corrected chi connectivity index (χ1v) is 6.27. The fraction of sp³-hybridized carbons (Fsp3) is 0.846. The fourth-order valence-corrected chi connectivity index (χ4v) is 3.18. The number of carbonyl (C=O) groups excluding carboxylic acids is 1. The highest BCUT2D eigenvalue weighted by atomic mass is 16.4. The summed E-state index contributed by atoms with van der Waals surface area (Å²) >= 11 is 0. The van der Waals surface area contributed by atoms with Crippen LogP contribution in [0, 0.1) is 5.41 Å². The molecule has 1 N–H and O–H groups in total. The smallest absolute Gasteiger partial charge is 0.329 e. The standard InChI is InChI=1S/C13H23NO3/c1-5-14(10(2)15)13(11(16)17)8-6-7-12(3,4)9-13/h5-9H2,1-4H3,(H,16,17). The molecule has 1 aliphatic carbocycles. The molecule has 0 aromatic heterocycles. The molecule has 1 amide bonds. The summed E-state index contributed by atoms with van der Waals surface area (Å²) in [5, 5.41) is 9.58. The van der Waals surface area contributed by atoms with Gasteiger partial charge in [-0.1, -0.05) is 13.8 Å². The lowest BCUT2D eigenvalue weighted by molar-refractivity contribution is -0.164. The molecule has 1 rings (SSSR count). The molecule has 0 bridgehead atoms. The van der Waals surface area contributed by atoms with Crippen molar-refractivity contribution in [3.05, 3.63) is 0 Å². The van der Waals surface area contributed by atoms with Gasteiger partial charge < -0.3 is 10.0 Å². The number of aliphatic carboxylic acids is 1. The third-order valence-electron chi connectivity index (χ3n) is 3.83. The second-order valence-corrected chi connectivity index (χ2v) is 5.79. The van der Waals surface area contributed by atoms with E-state index in [4.69, 9.17) is 0 Å². The van der Waals surface area contributed by atoms with Crippen molar-refractivity contribution in [1.29, 1.82) is 0 Å². The number of carboxylic acid groups (broad SMARTS) is 1. The molecular formula is C13H23NO3. The van der Waals surface area contributed by atoms with Crippen molar-refractivity contribution in [2.45, 2.75) is 58.9 Å². The predicted octanol–water partition coefficient (Wildman–Crippen LogP) is 2.28. The Bertz CT molecular complexity index is 325. The minimum Gasteiger partial charge on any atom is -0.479 e. The van der Waals surface area contributed by atoms with Crippen LogP contribution in [-0.4, -0.2) is 34.0 Å². The van der Waals surface area contributed by atoms with Crippen molar-refractivity contribution < 1.29 is 14.7 Å². The first-order chi connectivity index (χ1) is 7.75. The molecule has 0 saturated heterocycles. The molecule has 98 valence electrons. The minimum atomic E-state index is -0.998. The van der Waals surface area contributed by atoms with Crippen LogP contribution in [-0.2, 0) is 9.59 Å². The van der Waals surface area contributed by atoms with Crippen LogP contribution in [0.5, 0.6) is 0 Å². The highest BCUT2D eigenvalue weighted by Gasteiger charge is 2.50. The summed E-state index contributed by atoms with van der Waals surface area (Å²) < 4.78 is 0. The monoisotopic (exact) mass is 241 g/mol. The lowest BCUT2D eigenvalue weighted by atomic mass is 9.67. The Hall–Kier alpha value is -1.06. The molecule has 4 nitrogen and oxygen atoms in total. The van der Waals surface area contributed by atoms with Gasteiger partial charge in [0.05, 0.1) is 0 Å². The zero-order chi connectivity index (χ0) is 13.3. The van der Waals surface area contributed by atoms with Gasteiger partial charge in [0.15, 0.2) is 0 Å². The second-order valence-electron chi connectivity index (χ2n) is 5.79. The number of hydrogen-bond acceptors (Lipinski definition) is 2. The molecule has 0 aromatic rings. The molecule has 0 heterocycles. The highest BCUT2D eigenvalue weighted by molar-refractivity contribution is 5.86. The van der Waals surface area contributed by atoms with Gasteiger partial charge in [-0.15, -0.1) is 0 Å². The molecule has 4 heteroatoms. The van der Waals surface area contributed by atoms with Crippen LogP contribution in [0.2, 0.25) is 0 Å². The van der Waals surface area contributed by atoms with E-state index in [1.807, 2.05) is 6.92 Å². The number of likely N-dealkylation sites (N-methyl/N-ethyl adjacent to an activating group) is 1. The third-order valence-corrected chi connectivity index (χ3v) is 3.83. The lowest BCUT2D eigenvalue weighted by Gasteiger charge is -2.47. The van der Waals surface area contributed by atoms with Gasteiger partial charge in [-0.2, -0.15) is 0 Å². The van der Waals surface area contributed by atoms with Gasteiger partial charge in [-0.25, -0.2) is 4.79 Å². The summed E-state index contributed by atoms with van der Waals surface area (Å²) in [5.41, 5.74) is -1.01. The van der Waals surface area contributed by atoms with E-state index >= 15 is 0 Å². The molecule has 0 aromatic carbocycles. The molecular weight excluding hydrogens is 218 g/mol. The third kappa shape index (κ3) is 2.61. The van der Waals surface area contributed by atoms with Gasteiger partial charge in [0, 0.05) is 13.5 Å². The summed E-state index contributed by atoms with van der Waals surface area (Å²) in [6.45, 7) is 7.91. The summed E-state index contributed by atoms with van der Waals surface area (Å²) in [5.74, 6) is -1.00. The SMILES string of the molecule is CCN(C(C)=O)C1(C(=O)O)CCCC(C)(C)C1. The Labute approximate surface area is 103 Å². The van der Waals surface area contributed by atoms with Crippen LogP contribution in [0.3, 0.4) is 0 Å². The van der Waals surface area contributed by atoms with Crippen LogP contribution in [0.4, 0.5) is 0 Å². The van der Waals surface area contributed by atoms with E-state index in [0.29, 0.717) is 19.4 Å². The predicted molar refractivity (Wildman–Crippen MR) is 65.7 cm³/mol. The van der Waals surface area contributed by atoms with Gasteiger partial charge in [0.25, 0.3) is 0 Å². The topological polar surface area (TPSA) is 57.6 Å². The molecule has 0 spiro atoms. The average molecular weight is 241 g/mol. The van der Waals surface area contributed by atoms with Gasteiger partial charge in [-0.3, -0.25) is 4.79 Å². The fourth-order valence-electron chi connectivity index (χ4n) is 3.18. The second kappa shape index (κ2) is 4.67. The van der Waals surface area contributed by atoms with Crippen molar-refractivity contribution in [2.24, 2.45) is 5.41 Å². The first-order valence-electron chi connectivity index (χ1n) is 6.27. The Morgan fingerprint density at radius 1 is 1.29 bits per heavy atom. The normalized spacial score (nSPS) is 27.5. The Balaban J connectivity index is 3.12. The summed E-state index contributed by atoms with van der Waals surface area (Å²) in [6, 6.07) is 0. The number of rotatable bonds is 3. The maximum atomic E-state index is 11.7. The zero-order valence-electron chi connectivity index (χ0n) is 11.2. The van der Waals surface area contributed by atoms with E-state index in [2.05, 4.69) is 13.8 Å². The number of amides is 1. The van der Waals surface area contributed by atoms with Crippen molar-refractivity contribution in [3.63, 3.8) is 0 Å². The summed E-state index contributed by atoms with van der Waals surface area (Å²) in [6.07, 6.45) is 3.00. The Morgan fingerprint density at radius 2 is 1.88 bits per heavy atom. The van der Waals surface area contributed by atoms with Crippen molar-refractivity contribution in [2.75, 3.05) is 6.54 Å². The number of hydrogen-bond donors (Lipinski definition) is 1. The molecule has 1 atom stereocenters. The average Bonchev–Trinajstić information content (AvgIpc) is 2.15. The molecule has 0 aliphatic heterocycles. The van der Waals surface area contributed by atoms with E-state index in [1.54, 1.807) is 0 Å². The van der Waals surface area contributed by atoms with Crippen LogP contribution < -0.4 is 0 Å². The molecule has 1 aliphatic rings. The van der Waals surface area contributed by atoms with Crippen LogP contribution in [0.25, 0.3) is 0 Å². The van der Waals surface area contributed by atoms with E-state index < -0.39 is 11.5 Å². The molecule has 0 radical (unpaired) electrons. The summed E-state index contributed by atoms with van der Waals surface area (Å²) in [4.78, 5) is 24.9. The number of carbonyl (C=O) groups is 2. The van der Waals surface area contributed by atoms with E-state index in [0.717, 1.165) is 12.8 Å². The molecule has 1 unspecified atom stereocenters. The summed E-state index contributed by atoms with van der Waals surface area (Å²) in [7, 11) is 0. The first kappa shape index (κ1) is 14.0. The van der Waals surface area contributed by atoms with Crippen LogP contribution in [0.15, 0.2) is 0 Å². The van der Waals surface area contributed by atoms with E-state index in [9.17, 15) is 14.7 Å². The number of carboxylic acids is 1. The maximum Gasteiger partial charge on any atom is 0.329 e. The quantitative estimate of drug-likeness (QED) is 0.824. The minimum absolute atomic E-state index is 0.0144. The Morgan fingerprint density at radius 3 is 2.24 bits per heavy atom. The zero-order valence-corrected chi connectivity index (χ0v) is 11.2. The number of nitrogens with zero attached hydrogens (tertiary/aromatic N) is 1. The van der Waals surface area contributed by atoms with E-state index in [1.165, 1.54) is 11.8 Å². The van der Waals surface area contributed by atoms with Gasteiger partial charge >= 0.3 is 5.97 Å². The highest BCUT2D eigenvalue weighted by Crippen LogP contribution is 2.44. The molecule has 17 heavy (non-hydrogen) atoms. The molecule has 1 saturated carbocycles. The van der Waals surface area contributed by atoms with Crippen molar-refractivity contribution in [3.8, 4) is 0 Å².